The summed E-state index contributed by atoms with van der Waals surface area (Å²) in [4.78, 5) is 13.0. The van der Waals surface area contributed by atoms with Crippen LogP contribution in [0, 0.1) is 5.82 Å². The smallest absolute Gasteiger partial charge is 0.251 e. The molecule has 0 fully saturated rings. The Kier molecular flexibility index (Phi) is 5.55. The van der Waals surface area contributed by atoms with Crippen molar-refractivity contribution in [3.8, 4) is 11.3 Å². The first-order valence-corrected chi connectivity index (χ1v) is 12.3. The summed E-state index contributed by atoms with van der Waals surface area (Å²) >= 11 is 0. The van der Waals surface area contributed by atoms with Crippen LogP contribution in [0.1, 0.15) is 15.9 Å². The number of hydrogen-bond acceptors (Lipinski definition) is 3. The lowest BCUT2D eigenvalue weighted by Gasteiger charge is -2.13. The Labute approximate surface area is 196 Å². The van der Waals surface area contributed by atoms with Crippen LogP contribution in [0.3, 0.4) is 0 Å². The van der Waals surface area contributed by atoms with Gasteiger partial charge in [-0.2, -0.15) is 0 Å². The minimum Gasteiger partial charge on any atom is -0.464 e. The van der Waals surface area contributed by atoms with E-state index in [0.29, 0.717) is 16.2 Å². The normalized spacial score (nSPS) is 13.0. The summed E-state index contributed by atoms with van der Waals surface area (Å²) in [5.41, 5.74) is 2.82. The summed E-state index contributed by atoms with van der Waals surface area (Å²) in [5.74, 6) is 4.12. The van der Waals surface area contributed by atoms with Gasteiger partial charge in [-0.15, -0.1) is 0 Å². The van der Waals surface area contributed by atoms with Crippen molar-refractivity contribution in [3.05, 3.63) is 114 Å². The van der Waals surface area contributed by atoms with E-state index in [-0.39, 0.29) is 18.3 Å². The molecule has 0 saturated heterocycles. The SMILES string of the molecule is C=S(=O)(c1ccc(C(=O)NCc2ccc(F)cc2)cc1)n1cc(-c2ccco2)c2ccccc21. The maximum absolute atomic E-state index is 13.9. The number of halogens is 1. The molecule has 3 aromatic carbocycles. The molecule has 0 bridgehead atoms. The molecule has 2 heterocycles. The van der Waals surface area contributed by atoms with Crippen molar-refractivity contribution in [2.45, 2.75) is 11.4 Å². The number of furan rings is 1. The molecule has 2 aromatic heterocycles. The van der Waals surface area contributed by atoms with Crippen molar-refractivity contribution < 1.29 is 17.8 Å². The average Bonchev–Trinajstić information content (AvgIpc) is 3.52. The van der Waals surface area contributed by atoms with Crippen LogP contribution in [0.2, 0.25) is 0 Å². The van der Waals surface area contributed by atoms with Crippen LogP contribution < -0.4 is 5.32 Å². The Morgan fingerprint density at radius 3 is 2.41 bits per heavy atom. The minimum atomic E-state index is -2.93. The number of carbonyl (C=O) groups is 1. The van der Waals surface area contributed by atoms with Gasteiger partial charge < -0.3 is 9.73 Å². The van der Waals surface area contributed by atoms with Crippen molar-refractivity contribution in [3.63, 3.8) is 0 Å². The van der Waals surface area contributed by atoms with Crippen LogP contribution in [0.4, 0.5) is 4.39 Å². The third kappa shape index (κ3) is 4.02. The Morgan fingerprint density at radius 1 is 0.971 bits per heavy atom. The predicted molar refractivity (Wildman–Crippen MR) is 133 cm³/mol. The van der Waals surface area contributed by atoms with Crippen LogP contribution >= 0.6 is 0 Å². The van der Waals surface area contributed by atoms with E-state index in [2.05, 4.69) is 11.2 Å². The lowest BCUT2D eigenvalue weighted by Crippen LogP contribution is -2.22. The van der Waals surface area contributed by atoms with E-state index in [0.717, 1.165) is 22.0 Å². The quantitative estimate of drug-likeness (QED) is 0.332. The largest absolute Gasteiger partial charge is 0.464 e. The number of nitrogens with one attached hydrogen (secondary N) is 1. The second kappa shape index (κ2) is 8.68. The van der Waals surface area contributed by atoms with Crippen molar-refractivity contribution in [2.75, 3.05) is 0 Å². The van der Waals surface area contributed by atoms with Gasteiger partial charge >= 0.3 is 0 Å². The molecule has 0 aliphatic carbocycles. The molecule has 0 aliphatic rings. The fraction of sp³-hybridized carbons (Fsp3) is 0.0370. The van der Waals surface area contributed by atoms with Crippen LogP contribution in [-0.4, -0.2) is 20.0 Å². The molecule has 0 spiro atoms. The van der Waals surface area contributed by atoms with Crippen molar-refractivity contribution in [1.29, 1.82) is 0 Å². The summed E-state index contributed by atoms with van der Waals surface area (Å²) in [6.45, 7) is 0.276. The fourth-order valence-electron chi connectivity index (χ4n) is 3.84. The second-order valence-electron chi connectivity index (χ2n) is 7.84. The zero-order chi connectivity index (χ0) is 23.7. The van der Waals surface area contributed by atoms with E-state index in [1.807, 2.05) is 36.4 Å². The number of benzene rings is 3. The van der Waals surface area contributed by atoms with Gasteiger partial charge in [0.15, 0.2) is 0 Å². The monoisotopic (exact) mass is 472 g/mol. The standard InChI is InChI=1S/C27H21FN2O3S/c1-34(32,30-18-24(26-7-4-16-33-26)23-5-2-3-6-25(23)30)22-14-10-20(11-15-22)27(31)29-17-19-8-12-21(28)13-9-19/h2-16,18H,1,17H2,(H,29,31). The van der Waals surface area contributed by atoms with Crippen LogP contribution in [0.15, 0.2) is 107 Å². The highest BCUT2D eigenvalue weighted by Crippen LogP contribution is 2.33. The predicted octanol–water partition coefficient (Wildman–Crippen LogP) is 5.51. The number of rotatable bonds is 6. The lowest BCUT2D eigenvalue weighted by molar-refractivity contribution is 0.0951. The van der Waals surface area contributed by atoms with Gasteiger partial charge in [-0.25, -0.2) is 8.60 Å². The molecule has 170 valence electrons. The van der Waals surface area contributed by atoms with Crippen molar-refractivity contribution >= 4 is 32.4 Å². The molecule has 5 nitrogen and oxygen atoms in total. The Hall–Kier alpha value is -4.10. The zero-order valence-corrected chi connectivity index (χ0v) is 18.9. The van der Waals surface area contributed by atoms with E-state index < -0.39 is 9.71 Å². The van der Waals surface area contributed by atoms with E-state index in [1.54, 1.807) is 52.8 Å². The van der Waals surface area contributed by atoms with Crippen LogP contribution in [0.25, 0.3) is 22.2 Å². The minimum absolute atomic E-state index is 0.276. The second-order valence-corrected chi connectivity index (χ2v) is 9.98. The first-order chi connectivity index (χ1) is 16.4. The van der Waals surface area contributed by atoms with Gasteiger partial charge in [0.05, 0.1) is 26.4 Å². The summed E-state index contributed by atoms with van der Waals surface area (Å²) in [7, 11) is -2.93. The number of fused-ring (bicyclic) bond motifs is 1. The Balaban J connectivity index is 1.41. The zero-order valence-electron chi connectivity index (χ0n) is 18.1. The summed E-state index contributed by atoms with van der Waals surface area (Å²) in [6, 6.07) is 23.8. The van der Waals surface area contributed by atoms with Gasteiger partial charge in [0.1, 0.15) is 11.6 Å². The topological polar surface area (TPSA) is 64.2 Å². The highest BCUT2D eigenvalue weighted by molar-refractivity contribution is 7.99. The molecule has 1 N–H and O–H groups in total. The molecule has 1 amide bonds. The molecule has 5 aromatic rings. The molecule has 7 heteroatoms. The molecule has 0 saturated carbocycles. The van der Waals surface area contributed by atoms with E-state index in [9.17, 15) is 13.4 Å². The van der Waals surface area contributed by atoms with Gasteiger partial charge in [0.25, 0.3) is 5.91 Å². The number of hydrogen-bond donors (Lipinski definition) is 1. The van der Waals surface area contributed by atoms with Crippen LogP contribution in [0.5, 0.6) is 0 Å². The number of carbonyl (C=O) groups excluding carboxylic acids is 1. The van der Waals surface area contributed by atoms with E-state index in [4.69, 9.17) is 4.42 Å². The third-order valence-electron chi connectivity index (χ3n) is 5.63. The van der Waals surface area contributed by atoms with Gasteiger partial charge in [-0.05, 0) is 66.0 Å². The lowest BCUT2D eigenvalue weighted by atomic mass is 10.1. The molecule has 5 rings (SSSR count). The molecule has 0 aliphatic heterocycles. The highest BCUT2D eigenvalue weighted by atomic mass is 32.2. The highest BCUT2D eigenvalue weighted by Gasteiger charge is 2.19. The van der Waals surface area contributed by atoms with Gasteiger partial charge in [-0.1, -0.05) is 30.3 Å². The molecular formula is C27H21FN2O3S. The summed E-state index contributed by atoms with van der Waals surface area (Å²) < 4.78 is 34.2. The number of amides is 1. The first kappa shape index (κ1) is 21.7. The summed E-state index contributed by atoms with van der Waals surface area (Å²) in [6.07, 6.45) is 3.39. The van der Waals surface area contributed by atoms with Crippen molar-refractivity contribution in [1.82, 2.24) is 9.29 Å². The number of nitrogens with zero attached hydrogens (tertiary/aromatic N) is 1. The maximum atomic E-state index is 13.9. The molecular weight excluding hydrogens is 451 g/mol. The van der Waals surface area contributed by atoms with Gasteiger partial charge in [0, 0.05) is 29.3 Å². The molecule has 0 radical (unpaired) electrons. The molecule has 1 atom stereocenters. The molecule has 34 heavy (non-hydrogen) atoms. The Morgan fingerprint density at radius 2 is 1.71 bits per heavy atom. The number of aromatic nitrogens is 1. The Bertz CT molecular complexity index is 1570. The number of para-hydroxylation sites is 1. The van der Waals surface area contributed by atoms with E-state index >= 15 is 0 Å². The van der Waals surface area contributed by atoms with E-state index in [1.165, 1.54) is 12.1 Å². The average molecular weight is 473 g/mol. The van der Waals surface area contributed by atoms with Crippen molar-refractivity contribution in [2.24, 2.45) is 0 Å². The third-order valence-corrected chi connectivity index (χ3v) is 7.58. The fourth-order valence-corrected chi connectivity index (χ4v) is 5.38. The molecule has 1 unspecified atom stereocenters. The maximum Gasteiger partial charge on any atom is 0.251 e. The first-order valence-electron chi connectivity index (χ1n) is 10.6. The van der Waals surface area contributed by atoms with Gasteiger partial charge in [-0.3, -0.25) is 8.77 Å². The summed E-state index contributed by atoms with van der Waals surface area (Å²) in [5, 5.41) is 3.71. The van der Waals surface area contributed by atoms with Gasteiger partial charge in [0.2, 0.25) is 0 Å². The van der Waals surface area contributed by atoms with Crippen LogP contribution in [-0.2, 0) is 16.3 Å².